The molecule has 1 heterocycles. The van der Waals surface area contributed by atoms with E-state index in [1.54, 1.807) is 37.3 Å². The second-order valence-electron chi connectivity index (χ2n) is 10.8. The molecule has 3 aromatic rings. The first-order chi connectivity index (χ1) is 21.6. The van der Waals surface area contributed by atoms with E-state index in [2.05, 4.69) is 5.32 Å². The SMILES string of the molecule is CCON(C=O)C1(CC2CCCCC2)C(=O)N(S(=O)(=O)c2ccc(NC(=O)Oc3ccccc3)cc2OC)c2ccc(Cl)cc21. The van der Waals surface area contributed by atoms with Gasteiger partial charge in [-0.25, -0.2) is 18.3 Å². The number of rotatable bonds is 11. The van der Waals surface area contributed by atoms with Gasteiger partial charge in [0.05, 0.1) is 19.4 Å². The van der Waals surface area contributed by atoms with Crippen molar-refractivity contribution in [2.75, 3.05) is 23.3 Å². The summed E-state index contributed by atoms with van der Waals surface area (Å²) in [7, 11) is -3.37. The van der Waals surface area contributed by atoms with Crippen LogP contribution in [-0.4, -0.2) is 45.6 Å². The third-order valence-corrected chi connectivity index (χ3v) is 10.1. The highest BCUT2D eigenvalue weighted by atomic mass is 35.5. The van der Waals surface area contributed by atoms with Crippen molar-refractivity contribution < 1.29 is 37.1 Å². The average Bonchev–Trinajstić information content (AvgIpc) is 3.28. The van der Waals surface area contributed by atoms with Crippen LogP contribution in [0.1, 0.15) is 51.0 Å². The van der Waals surface area contributed by atoms with Crippen LogP contribution >= 0.6 is 11.6 Å². The van der Waals surface area contributed by atoms with Gasteiger partial charge < -0.3 is 9.47 Å². The van der Waals surface area contributed by atoms with Gasteiger partial charge in [0, 0.05) is 22.3 Å². The van der Waals surface area contributed by atoms with Crippen molar-refractivity contribution >= 4 is 51.4 Å². The molecule has 0 radical (unpaired) electrons. The predicted octanol–water partition coefficient (Wildman–Crippen LogP) is 6.27. The fraction of sp³-hybridized carbons (Fsp3) is 0.344. The lowest BCUT2D eigenvalue weighted by molar-refractivity contribution is -0.213. The number of fused-ring (bicyclic) bond motifs is 1. The number of carbonyl (C=O) groups excluding carboxylic acids is 3. The Kier molecular flexibility index (Phi) is 9.66. The first-order valence-electron chi connectivity index (χ1n) is 14.6. The van der Waals surface area contributed by atoms with Crippen LogP contribution in [0.25, 0.3) is 0 Å². The number of amides is 3. The zero-order chi connectivity index (χ0) is 32.2. The molecule has 1 unspecified atom stereocenters. The Labute approximate surface area is 267 Å². The number of carbonyl (C=O) groups is 3. The third kappa shape index (κ3) is 6.22. The van der Waals surface area contributed by atoms with Crippen molar-refractivity contribution in [3.05, 3.63) is 77.3 Å². The van der Waals surface area contributed by atoms with E-state index in [-0.39, 0.29) is 51.6 Å². The number of hydrogen-bond donors (Lipinski definition) is 1. The molecule has 238 valence electrons. The smallest absolute Gasteiger partial charge is 0.417 e. The molecule has 1 saturated carbocycles. The van der Waals surface area contributed by atoms with E-state index in [1.807, 2.05) is 0 Å². The second-order valence-corrected chi connectivity index (χ2v) is 13.0. The van der Waals surface area contributed by atoms with Gasteiger partial charge >= 0.3 is 6.09 Å². The third-order valence-electron chi connectivity index (χ3n) is 8.09. The molecule has 13 heteroatoms. The number of methoxy groups -OCH3 is 1. The highest BCUT2D eigenvalue weighted by molar-refractivity contribution is 7.93. The van der Waals surface area contributed by atoms with Crippen molar-refractivity contribution in [3.8, 4) is 11.5 Å². The number of benzene rings is 3. The topological polar surface area (TPSA) is 132 Å². The Balaban J connectivity index is 1.55. The molecule has 1 fully saturated rings. The monoisotopic (exact) mass is 655 g/mol. The first-order valence-corrected chi connectivity index (χ1v) is 16.5. The summed E-state index contributed by atoms with van der Waals surface area (Å²) in [5, 5.41) is 3.76. The Morgan fingerprint density at radius 3 is 2.49 bits per heavy atom. The van der Waals surface area contributed by atoms with Gasteiger partial charge in [-0.15, -0.1) is 0 Å². The molecule has 0 saturated heterocycles. The average molecular weight is 656 g/mol. The maximum absolute atomic E-state index is 14.7. The van der Waals surface area contributed by atoms with Crippen molar-refractivity contribution in [2.45, 2.75) is 55.9 Å². The Morgan fingerprint density at radius 2 is 1.82 bits per heavy atom. The van der Waals surface area contributed by atoms with Crippen LogP contribution in [0, 0.1) is 5.92 Å². The fourth-order valence-electron chi connectivity index (χ4n) is 6.12. The molecule has 1 N–H and O–H groups in total. The molecule has 3 aromatic carbocycles. The normalized spacial score (nSPS) is 18.3. The number of nitrogens with one attached hydrogen (secondary N) is 1. The predicted molar refractivity (Wildman–Crippen MR) is 168 cm³/mol. The summed E-state index contributed by atoms with van der Waals surface area (Å²) in [6.45, 7) is 1.74. The molecule has 45 heavy (non-hydrogen) atoms. The van der Waals surface area contributed by atoms with E-state index >= 15 is 0 Å². The van der Waals surface area contributed by atoms with Crippen LogP contribution in [0.4, 0.5) is 16.2 Å². The van der Waals surface area contributed by atoms with E-state index < -0.39 is 27.6 Å². The molecule has 1 atom stereocenters. The van der Waals surface area contributed by atoms with Gasteiger partial charge in [0.15, 0.2) is 5.54 Å². The summed E-state index contributed by atoms with van der Waals surface area (Å²) in [6, 6.07) is 16.8. The number of halogens is 1. The van der Waals surface area contributed by atoms with Gasteiger partial charge in [0.1, 0.15) is 16.4 Å². The van der Waals surface area contributed by atoms with Crippen LogP contribution in [0.2, 0.25) is 5.02 Å². The number of nitrogens with zero attached hydrogens (tertiary/aromatic N) is 2. The number of anilines is 2. The number of hydrogen-bond acceptors (Lipinski definition) is 8. The lowest BCUT2D eigenvalue weighted by Crippen LogP contribution is -2.54. The molecular weight excluding hydrogens is 622 g/mol. The lowest BCUT2D eigenvalue weighted by Gasteiger charge is -2.39. The summed E-state index contributed by atoms with van der Waals surface area (Å²) >= 11 is 6.41. The van der Waals surface area contributed by atoms with Crippen LogP contribution in [0.5, 0.6) is 11.5 Å². The molecule has 3 amide bonds. The Bertz CT molecular complexity index is 1680. The first kappa shape index (κ1) is 32.3. The van der Waals surface area contributed by atoms with Gasteiger partial charge in [-0.3, -0.25) is 19.7 Å². The molecule has 0 spiro atoms. The summed E-state index contributed by atoms with van der Waals surface area (Å²) in [5.41, 5.74) is -1.26. The Hall–Kier alpha value is -4.13. The standard InChI is InChI=1S/C32H34ClN3O8S/c1-3-43-35(21-37)32(20-22-10-6-4-7-11-22)26-18-23(33)14-16-27(26)36(30(32)38)45(40,41)29-17-15-24(19-28(29)42-2)34-31(39)44-25-12-8-5-9-13-25/h5,8-9,12-19,21-22H,3-4,6-7,10-11,20H2,1-2H3,(H,34,39). The summed E-state index contributed by atoms with van der Waals surface area (Å²) in [4.78, 5) is 45.0. The molecule has 1 aliphatic heterocycles. The highest BCUT2D eigenvalue weighted by Gasteiger charge is 2.60. The molecule has 0 aromatic heterocycles. The maximum atomic E-state index is 14.7. The minimum atomic E-state index is -4.65. The summed E-state index contributed by atoms with van der Waals surface area (Å²) in [5.74, 6) is -0.629. The van der Waals surface area contributed by atoms with E-state index in [0.717, 1.165) is 37.2 Å². The molecular formula is C32H34ClN3O8S. The molecule has 5 rings (SSSR count). The zero-order valence-corrected chi connectivity index (χ0v) is 26.5. The quantitative estimate of drug-likeness (QED) is 0.189. The van der Waals surface area contributed by atoms with E-state index in [0.29, 0.717) is 16.5 Å². The summed E-state index contributed by atoms with van der Waals surface area (Å²) < 4.78 is 40.2. The molecule has 0 bridgehead atoms. The molecule has 11 nitrogen and oxygen atoms in total. The van der Waals surface area contributed by atoms with Crippen LogP contribution in [0.3, 0.4) is 0 Å². The lowest BCUT2D eigenvalue weighted by atomic mass is 9.76. The maximum Gasteiger partial charge on any atom is 0.417 e. The van der Waals surface area contributed by atoms with Crippen LogP contribution in [0.15, 0.2) is 71.6 Å². The number of ether oxygens (including phenoxy) is 2. The summed E-state index contributed by atoms with van der Waals surface area (Å²) in [6.07, 6.45) is 4.43. The van der Waals surface area contributed by atoms with Gasteiger partial charge in [-0.05, 0) is 61.7 Å². The zero-order valence-electron chi connectivity index (χ0n) is 24.9. The van der Waals surface area contributed by atoms with Crippen molar-refractivity contribution in [1.82, 2.24) is 5.06 Å². The molecule has 1 aliphatic carbocycles. The van der Waals surface area contributed by atoms with Gasteiger partial charge in [0.2, 0.25) is 6.41 Å². The largest absolute Gasteiger partial charge is 0.495 e. The number of para-hydroxylation sites is 1. The number of hydroxylamine groups is 2. The van der Waals surface area contributed by atoms with E-state index in [1.165, 1.54) is 43.5 Å². The number of sulfonamides is 1. The van der Waals surface area contributed by atoms with Crippen molar-refractivity contribution in [1.29, 1.82) is 0 Å². The van der Waals surface area contributed by atoms with Crippen LogP contribution in [-0.2, 0) is 30.0 Å². The van der Waals surface area contributed by atoms with Crippen molar-refractivity contribution in [3.63, 3.8) is 0 Å². The van der Waals surface area contributed by atoms with Crippen LogP contribution < -0.4 is 19.1 Å². The van der Waals surface area contributed by atoms with Crippen molar-refractivity contribution in [2.24, 2.45) is 5.92 Å². The minimum absolute atomic E-state index is 0.0376. The van der Waals surface area contributed by atoms with Gasteiger partial charge in [-0.1, -0.05) is 61.9 Å². The fourth-order valence-corrected chi connectivity index (χ4v) is 7.92. The van der Waals surface area contributed by atoms with Gasteiger partial charge in [0.25, 0.3) is 15.9 Å². The highest BCUT2D eigenvalue weighted by Crippen LogP contribution is 2.52. The van der Waals surface area contributed by atoms with E-state index in [9.17, 15) is 22.8 Å². The molecule has 2 aliphatic rings. The Morgan fingerprint density at radius 1 is 1.09 bits per heavy atom. The van der Waals surface area contributed by atoms with E-state index in [4.69, 9.17) is 25.9 Å². The minimum Gasteiger partial charge on any atom is -0.495 e. The van der Waals surface area contributed by atoms with Gasteiger partial charge in [-0.2, -0.15) is 4.31 Å². The second kappa shape index (κ2) is 13.5.